The van der Waals surface area contributed by atoms with E-state index in [0.717, 1.165) is 31.6 Å². The van der Waals surface area contributed by atoms with Gasteiger partial charge in [0.15, 0.2) is 6.10 Å². The molecule has 0 radical (unpaired) electrons. The fourth-order valence-electron chi connectivity index (χ4n) is 4.78. The van der Waals surface area contributed by atoms with Crippen molar-refractivity contribution in [2.45, 2.75) is 44.1 Å². The van der Waals surface area contributed by atoms with Crippen LogP contribution in [0.3, 0.4) is 0 Å². The van der Waals surface area contributed by atoms with Gasteiger partial charge in [0.05, 0.1) is 12.3 Å². The fraction of sp³-hybridized carbons (Fsp3) is 0.324. The van der Waals surface area contributed by atoms with E-state index in [1.54, 1.807) is 66.1 Å². The van der Waals surface area contributed by atoms with Crippen LogP contribution in [0, 0.1) is 12.7 Å². The number of hydrogen-bond donors (Lipinski definition) is 0. The van der Waals surface area contributed by atoms with Crippen molar-refractivity contribution in [1.29, 1.82) is 0 Å². The number of para-hydroxylation sites is 1. The zero-order valence-electron chi connectivity index (χ0n) is 25.5. The molecule has 0 N–H and O–H groups in total. The molecular weight excluding hydrogens is 614 g/mol. The number of esters is 1. The van der Waals surface area contributed by atoms with Crippen LogP contribution in [0.25, 0.3) is 10.6 Å². The average molecular weight is 650 g/mol. The van der Waals surface area contributed by atoms with Crippen LogP contribution in [0.2, 0.25) is 0 Å². The summed E-state index contributed by atoms with van der Waals surface area (Å²) in [6.45, 7) is 8.88. The van der Waals surface area contributed by atoms with Crippen molar-refractivity contribution in [3.8, 4) is 22.1 Å². The molecule has 236 valence electrons. The molecule has 5 rings (SSSR count). The number of piperazine rings is 1. The molecule has 1 amide bonds. The van der Waals surface area contributed by atoms with E-state index in [2.05, 4.69) is 4.90 Å². The van der Waals surface area contributed by atoms with Crippen molar-refractivity contribution in [2.24, 2.45) is 0 Å². The number of ether oxygens (including phenoxy) is 3. The summed E-state index contributed by atoms with van der Waals surface area (Å²) in [5, 5.41) is 0.846. The monoisotopic (exact) mass is 649 g/mol. The van der Waals surface area contributed by atoms with Crippen LogP contribution in [-0.4, -0.2) is 65.7 Å². The predicted molar refractivity (Wildman–Crippen MR) is 174 cm³/mol. The molecule has 4 aromatic rings. The number of benzene rings is 3. The van der Waals surface area contributed by atoms with Gasteiger partial charge in [0, 0.05) is 53.8 Å². The highest BCUT2D eigenvalue weighted by Crippen LogP contribution is 2.35. The van der Waals surface area contributed by atoms with Gasteiger partial charge in [-0.2, -0.15) is 0 Å². The Balaban J connectivity index is 1.24. The van der Waals surface area contributed by atoms with Gasteiger partial charge < -0.3 is 19.1 Å². The first-order chi connectivity index (χ1) is 21.8. The van der Waals surface area contributed by atoms with Gasteiger partial charge in [-0.05, 0) is 80.9 Å². The SMILES string of the molecule is CCOC(=O)C(C)Oc1ccc(SCc2sc(-c3ccc(F)cc3)nc2CN2CCN(C(=O)Oc3ccccc3)CC2)cc1C. The molecule has 0 aliphatic carbocycles. The van der Waals surface area contributed by atoms with Gasteiger partial charge in [0.1, 0.15) is 22.3 Å². The molecule has 1 atom stereocenters. The highest BCUT2D eigenvalue weighted by Gasteiger charge is 2.25. The number of carbonyl (C=O) groups is 2. The Morgan fingerprint density at radius 1 is 1.02 bits per heavy atom. The fourth-order valence-corrected chi connectivity index (χ4v) is 6.95. The van der Waals surface area contributed by atoms with Gasteiger partial charge in [-0.15, -0.1) is 23.1 Å². The molecular formula is C34H36FN3O5S2. The number of hydrogen-bond acceptors (Lipinski definition) is 9. The van der Waals surface area contributed by atoms with Gasteiger partial charge in [0.25, 0.3) is 0 Å². The molecule has 1 aliphatic rings. The lowest BCUT2D eigenvalue weighted by molar-refractivity contribution is -0.150. The lowest BCUT2D eigenvalue weighted by atomic mass is 10.2. The standard InChI is InChI=1S/C34H36FN3O5S2/c1-4-41-33(39)24(3)42-30-15-14-28(20-23(30)2)44-22-31-29(36-32(45-31)25-10-12-26(35)13-11-25)21-37-16-18-38(19-17-37)34(40)43-27-8-6-5-7-9-27/h5-15,20,24H,4,16-19,21-22H2,1-3H3. The first kappa shape index (κ1) is 32.5. The van der Waals surface area contributed by atoms with Crippen LogP contribution in [0.1, 0.15) is 30.0 Å². The largest absolute Gasteiger partial charge is 0.479 e. The van der Waals surface area contributed by atoms with Crippen molar-refractivity contribution < 1.29 is 28.2 Å². The molecule has 0 spiro atoms. The Kier molecular flexibility index (Phi) is 11.1. The second-order valence-electron chi connectivity index (χ2n) is 10.6. The smallest absolute Gasteiger partial charge is 0.415 e. The van der Waals surface area contributed by atoms with E-state index in [0.29, 0.717) is 56.6 Å². The third kappa shape index (κ3) is 8.84. The van der Waals surface area contributed by atoms with Gasteiger partial charge in [0.2, 0.25) is 0 Å². The number of aromatic nitrogens is 1. The quantitative estimate of drug-likeness (QED) is 0.125. The van der Waals surface area contributed by atoms with Crippen LogP contribution in [0.15, 0.2) is 77.7 Å². The highest BCUT2D eigenvalue weighted by molar-refractivity contribution is 7.98. The van der Waals surface area contributed by atoms with Crippen LogP contribution >= 0.6 is 23.1 Å². The minimum atomic E-state index is -0.692. The summed E-state index contributed by atoms with van der Waals surface area (Å²) in [5.74, 6) is 1.21. The normalized spacial score (nSPS) is 14.2. The number of rotatable bonds is 11. The minimum absolute atomic E-state index is 0.283. The number of nitrogens with zero attached hydrogens (tertiary/aromatic N) is 3. The first-order valence-electron chi connectivity index (χ1n) is 14.8. The topological polar surface area (TPSA) is 81.2 Å². The summed E-state index contributed by atoms with van der Waals surface area (Å²) < 4.78 is 30.0. The lowest BCUT2D eigenvalue weighted by Crippen LogP contribution is -2.49. The second-order valence-corrected chi connectivity index (χ2v) is 12.7. The lowest BCUT2D eigenvalue weighted by Gasteiger charge is -2.33. The van der Waals surface area contributed by atoms with Gasteiger partial charge in [-0.25, -0.2) is 19.0 Å². The Morgan fingerprint density at radius 3 is 2.44 bits per heavy atom. The zero-order chi connectivity index (χ0) is 31.8. The van der Waals surface area contributed by atoms with Crippen molar-refractivity contribution >= 4 is 35.2 Å². The zero-order valence-corrected chi connectivity index (χ0v) is 27.2. The van der Waals surface area contributed by atoms with Crippen LogP contribution in [0.4, 0.5) is 9.18 Å². The first-order valence-corrected chi connectivity index (χ1v) is 16.6. The van der Waals surface area contributed by atoms with E-state index in [4.69, 9.17) is 19.2 Å². The Labute approximate surface area is 271 Å². The molecule has 0 saturated carbocycles. The Hall–Kier alpha value is -3.93. The maximum absolute atomic E-state index is 13.6. The van der Waals surface area contributed by atoms with E-state index in [1.807, 2.05) is 43.3 Å². The number of amides is 1. The summed E-state index contributed by atoms with van der Waals surface area (Å²) in [6.07, 6.45) is -1.03. The van der Waals surface area contributed by atoms with Gasteiger partial charge in [-0.1, -0.05) is 18.2 Å². The van der Waals surface area contributed by atoms with Crippen molar-refractivity contribution in [3.63, 3.8) is 0 Å². The summed E-state index contributed by atoms with van der Waals surface area (Å²) in [6, 6.07) is 21.4. The maximum atomic E-state index is 13.6. The second kappa shape index (κ2) is 15.4. The summed E-state index contributed by atoms with van der Waals surface area (Å²) in [4.78, 5) is 35.9. The van der Waals surface area contributed by atoms with E-state index in [-0.39, 0.29) is 11.9 Å². The van der Waals surface area contributed by atoms with Gasteiger partial charge in [-0.3, -0.25) is 4.90 Å². The molecule has 8 nitrogen and oxygen atoms in total. The van der Waals surface area contributed by atoms with Gasteiger partial charge >= 0.3 is 12.1 Å². The Morgan fingerprint density at radius 2 is 1.76 bits per heavy atom. The van der Waals surface area contributed by atoms with E-state index >= 15 is 0 Å². The summed E-state index contributed by atoms with van der Waals surface area (Å²) in [7, 11) is 0. The van der Waals surface area contributed by atoms with E-state index in [1.165, 1.54) is 12.1 Å². The summed E-state index contributed by atoms with van der Waals surface area (Å²) in [5.41, 5.74) is 2.78. The average Bonchev–Trinajstić information content (AvgIpc) is 3.44. The van der Waals surface area contributed by atoms with E-state index in [9.17, 15) is 14.0 Å². The molecule has 3 aromatic carbocycles. The molecule has 1 aliphatic heterocycles. The molecule has 11 heteroatoms. The predicted octanol–water partition coefficient (Wildman–Crippen LogP) is 7.20. The maximum Gasteiger partial charge on any atom is 0.415 e. The van der Waals surface area contributed by atoms with E-state index < -0.39 is 12.1 Å². The third-order valence-electron chi connectivity index (χ3n) is 7.26. The number of aryl methyl sites for hydroxylation is 1. The van der Waals surface area contributed by atoms with Crippen LogP contribution in [0.5, 0.6) is 11.5 Å². The molecule has 2 heterocycles. The molecule has 45 heavy (non-hydrogen) atoms. The van der Waals surface area contributed by atoms with Crippen LogP contribution < -0.4 is 9.47 Å². The number of thiazole rings is 1. The molecule has 1 saturated heterocycles. The number of thioether (sulfide) groups is 1. The molecule has 0 bridgehead atoms. The number of halogens is 1. The Bertz CT molecular complexity index is 1590. The van der Waals surface area contributed by atoms with Crippen molar-refractivity contribution in [3.05, 3.63) is 94.7 Å². The van der Waals surface area contributed by atoms with Crippen molar-refractivity contribution in [1.82, 2.24) is 14.8 Å². The molecule has 1 unspecified atom stereocenters. The third-order valence-corrected chi connectivity index (χ3v) is 9.61. The summed E-state index contributed by atoms with van der Waals surface area (Å²) >= 11 is 3.31. The molecule has 1 fully saturated rings. The minimum Gasteiger partial charge on any atom is -0.479 e. The van der Waals surface area contributed by atoms with Crippen molar-refractivity contribution in [2.75, 3.05) is 32.8 Å². The highest BCUT2D eigenvalue weighted by atomic mass is 32.2. The number of carbonyl (C=O) groups excluding carboxylic acids is 2. The molecule has 1 aromatic heterocycles. The van der Waals surface area contributed by atoms with Crippen LogP contribution in [-0.2, 0) is 21.8 Å².